The number of rotatable bonds is 6. The van der Waals surface area contributed by atoms with Crippen molar-refractivity contribution in [2.45, 2.75) is 58.5 Å². The van der Waals surface area contributed by atoms with Gasteiger partial charge >= 0.3 is 0 Å². The Balaban J connectivity index is 3.23. The summed E-state index contributed by atoms with van der Waals surface area (Å²) in [5.74, 6) is 0. The molecule has 3 nitrogen and oxygen atoms in total. The average Bonchev–Trinajstić information content (AvgIpc) is 2.77. The molecule has 0 bridgehead atoms. The summed E-state index contributed by atoms with van der Waals surface area (Å²) in [7, 11) is -2.77. The van der Waals surface area contributed by atoms with Crippen molar-refractivity contribution in [1.82, 2.24) is 9.36 Å². The summed E-state index contributed by atoms with van der Waals surface area (Å²) in [6.07, 6.45) is 1.70. The van der Waals surface area contributed by atoms with Crippen LogP contribution in [0.25, 0.3) is 0 Å². The third kappa shape index (κ3) is 2.97. The maximum Gasteiger partial charge on any atom is 0.188 e. The van der Waals surface area contributed by atoms with E-state index in [1.165, 1.54) is 23.3 Å². The molecule has 0 fully saturated rings. The third-order valence-electron chi connectivity index (χ3n) is 3.66. The molecule has 0 saturated carbocycles. The fourth-order valence-electron chi connectivity index (χ4n) is 2.69. The molecule has 98 valence electrons. The topological polar surface area (TPSA) is 29.0 Å². The molecule has 6 heteroatoms. The van der Waals surface area contributed by atoms with E-state index in [9.17, 15) is 0 Å². The van der Waals surface area contributed by atoms with E-state index in [0.717, 1.165) is 0 Å². The lowest BCUT2D eigenvalue weighted by Crippen LogP contribution is -2.63. The fraction of sp³-hybridized carbons (Fsp3) is 0.818. The van der Waals surface area contributed by atoms with Gasteiger partial charge in [0.1, 0.15) is 22.8 Å². The number of nitrogens with zero attached hydrogens (tertiary/aromatic N) is 3. The summed E-state index contributed by atoms with van der Waals surface area (Å²) in [6.45, 7) is 14.3. The van der Waals surface area contributed by atoms with Gasteiger partial charge in [-0.3, -0.25) is 0 Å². The zero-order valence-corrected chi connectivity index (χ0v) is 14.8. The first kappa shape index (κ1) is 14.9. The minimum atomic E-state index is -1.39. The molecule has 0 saturated heterocycles. The van der Waals surface area contributed by atoms with Crippen molar-refractivity contribution >= 4 is 33.1 Å². The summed E-state index contributed by atoms with van der Waals surface area (Å²) in [5, 5.41) is 1.17. The van der Waals surface area contributed by atoms with E-state index in [1.807, 2.05) is 0 Å². The Morgan fingerprint density at radius 1 is 1.12 bits per heavy atom. The van der Waals surface area contributed by atoms with E-state index >= 15 is 0 Å². The monoisotopic (exact) mass is 287 g/mol. The zero-order chi connectivity index (χ0) is 13.1. The molecule has 1 aromatic rings. The van der Waals surface area contributed by atoms with Gasteiger partial charge in [0, 0.05) is 11.5 Å². The molecule has 0 aliphatic rings. The maximum atomic E-state index is 4.50. The minimum absolute atomic E-state index is 1.17. The van der Waals surface area contributed by atoms with E-state index < -0.39 is 16.5 Å². The predicted molar refractivity (Wildman–Crippen MR) is 82.9 cm³/mol. The lowest BCUT2D eigenvalue weighted by atomic mass is 10.9. The van der Waals surface area contributed by atoms with Crippen LogP contribution in [-0.2, 0) is 0 Å². The molecule has 0 radical (unpaired) electrons. The van der Waals surface area contributed by atoms with Crippen LogP contribution < -0.4 is 4.23 Å². The highest BCUT2D eigenvalue weighted by Crippen LogP contribution is 2.35. The Labute approximate surface area is 112 Å². The van der Waals surface area contributed by atoms with Crippen molar-refractivity contribution in [2.75, 3.05) is 4.23 Å². The second kappa shape index (κ2) is 5.62. The summed E-state index contributed by atoms with van der Waals surface area (Å²) < 4.78 is 6.95. The van der Waals surface area contributed by atoms with Crippen molar-refractivity contribution in [3.05, 3.63) is 6.33 Å². The highest BCUT2D eigenvalue weighted by Gasteiger charge is 2.42. The van der Waals surface area contributed by atoms with E-state index in [-0.39, 0.29) is 0 Å². The Morgan fingerprint density at radius 3 is 1.94 bits per heavy atom. The predicted octanol–water partition coefficient (Wildman–Crippen LogP) is 4.18. The Hall–Kier alpha value is -0.206. The molecule has 17 heavy (non-hydrogen) atoms. The molecular weight excluding hydrogens is 262 g/mol. The van der Waals surface area contributed by atoms with Gasteiger partial charge in [0.05, 0.1) is 0 Å². The first-order valence-corrected chi connectivity index (χ1v) is 13.3. The maximum absolute atomic E-state index is 4.50. The number of anilines is 1. The first-order valence-electron chi connectivity index (χ1n) is 6.48. The van der Waals surface area contributed by atoms with Crippen LogP contribution in [0.2, 0.25) is 37.8 Å². The highest BCUT2D eigenvalue weighted by atomic mass is 32.1. The van der Waals surface area contributed by atoms with Crippen LogP contribution in [-0.4, -0.2) is 25.8 Å². The molecule has 0 amide bonds. The van der Waals surface area contributed by atoms with Crippen LogP contribution in [0, 0.1) is 0 Å². The molecular formula is C11H25N3SSi2. The highest BCUT2D eigenvalue weighted by molar-refractivity contribution is 7.14. The Bertz CT molecular complexity index is 323. The van der Waals surface area contributed by atoms with E-state index in [1.54, 1.807) is 17.9 Å². The van der Waals surface area contributed by atoms with Crippen LogP contribution in [0.1, 0.15) is 20.8 Å². The number of aromatic nitrogens is 2. The van der Waals surface area contributed by atoms with Crippen LogP contribution in [0.15, 0.2) is 6.33 Å². The Morgan fingerprint density at radius 2 is 1.65 bits per heavy atom. The van der Waals surface area contributed by atoms with Gasteiger partial charge in [-0.25, -0.2) is 4.98 Å². The van der Waals surface area contributed by atoms with Gasteiger partial charge in [-0.2, -0.15) is 4.37 Å². The lowest BCUT2D eigenvalue weighted by molar-refractivity contribution is 1.11. The van der Waals surface area contributed by atoms with E-state index in [4.69, 9.17) is 0 Å². The SMILES string of the molecule is CC[Si](CC)(CC)N(c1ncns1)[Si](C)(C)C. The standard InChI is InChI=1S/C11H25N3SSi2/c1-7-17(8-2,9-3)14(16(4,5)6)11-12-10-13-15-11/h10H,7-9H2,1-6H3. The molecule has 0 aliphatic carbocycles. The largest absolute Gasteiger partial charge is 0.399 e. The van der Waals surface area contributed by atoms with Crippen LogP contribution in [0.4, 0.5) is 5.13 Å². The van der Waals surface area contributed by atoms with Crippen molar-refractivity contribution in [3.8, 4) is 0 Å². The van der Waals surface area contributed by atoms with Crippen LogP contribution in [0.5, 0.6) is 0 Å². The molecule has 1 rings (SSSR count). The summed E-state index contributed by atoms with van der Waals surface area (Å²) in [4.78, 5) is 4.50. The zero-order valence-electron chi connectivity index (χ0n) is 11.9. The van der Waals surface area contributed by atoms with Gasteiger partial charge in [0.25, 0.3) is 0 Å². The second-order valence-corrected chi connectivity index (χ2v) is 16.5. The van der Waals surface area contributed by atoms with Gasteiger partial charge in [-0.15, -0.1) is 0 Å². The molecule has 0 N–H and O–H groups in total. The average molecular weight is 288 g/mol. The first-order chi connectivity index (χ1) is 7.91. The normalized spacial score (nSPS) is 12.8. The number of hydrogen-bond donors (Lipinski definition) is 0. The Kier molecular flexibility index (Phi) is 4.91. The summed E-state index contributed by atoms with van der Waals surface area (Å²) in [5.41, 5.74) is 0. The molecule has 0 atom stereocenters. The summed E-state index contributed by atoms with van der Waals surface area (Å²) in [6, 6.07) is 3.93. The quantitative estimate of drug-likeness (QED) is 0.735. The van der Waals surface area contributed by atoms with Gasteiger partial charge < -0.3 is 4.23 Å². The number of hydrogen-bond acceptors (Lipinski definition) is 4. The van der Waals surface area contributed by atoms with Gasteiger partial charge in [0.15, 0.2) is 5.13 Å². The van der Waals surface area contributed by atoms with Gasteiger partial charge in [-0.1, -0.05) is 40.4 Å². The molecule has 1 heterocycles. The fourth-order valence-corrected chi connectivity index (χ4v) is 15.4. The molecule has 0 aromatic carbocycles. The van der Waals surface area contributed by atoms with Crippen molar-refractivity contribution in [1.29, 1.82) is 0 Å². The molecule has 0 aliphatic heterocycles. The van der Waals surface area contributed by atoms with Crippen LogP contribution >= 0.6 is 11.5 Å². The molecule has 1 aromatic heterocycles. The minimum Gasteiger partial charge on any atom is -0.399 e. The second-order valence-electron chi connectivity index (χ2n) is 5.52. The smallest absolute Gasteiger partial charge is 0.188 e. The summed E-state index contributed by atoms with van der Waals surface area (Å²) >= 11 is 1.57. The van der Waals surface area contributed by atoms with E-state index in [0.29, 0.717) is 0 Å². The van der Waals surface area contributed by atoms with Crippen molar-refractivity contribution in [3.63, 3.8) is 0 Å². The third-order valence-corrected chi connectivity index (χ3v) is 14.7. The van der Waals surface area contributed by atoms with Crippen molar-refractivity contribution < 1.29 is 0 Å². The van der Waals surface area contributed by atoms with Gasteiger partial charge in [-0.05, 0) is 18.1 Å². The van der Waals surface area contributed by atoms with Crippen molar-refractivity contribution in [2.24, 2.45) is 0 Å². The van der Waals surface area contributed by atoms with Crippen LogP contribution in [0.3, 0.4) is 0 Å². The van der Waals surface area contributed by atoms with E-state index in [2.05, 4.69) is 54.0 Å². The lowest BCUT2D eigenvalue weighted by Gasteiger charge is -2.48. The van der Waals surface area contributed by atoms with Gasteiger partial charge in [0.2, 0.25) is 0 Å². The molecule has 0 unspecified atom stereocenters. The molecule has 0 spiro atoms.